The van der Waals surface area contributed by atoms with Crippen molar-refractivity contribution in [3.05, 3.63) is 93.5 Å². The standard InChI is InChI=1S/C30H29BrN4O5/c1-19-8-7-9-20(16-19)30(39)40-26-15-14-22(31)17-21(26)18-32-35-29(38)28(37)34-25-13-6-5-12-24(25)27(36)33-23-10-3-2-4-11-23/h5-9,12-18,23H,2-4,10-11H2,1H3,(H,33,36)(H,34,37)(H,35,38). The SMILES string of the molecule is Cc1cccc(C(=O)Oc2ccc(Br)cc2C=NNC(=O)C(=O)Nc2ccccc2C(=O)NC2CCCCC2)c1. The fourth-order valence-corrected chi connectivity index (χ4v) is 4.71. The summed E-state index contributed by atoms with van der Waals surface area (Å²) >= 11 is 3.36. The summed E-state index contributed by atoms with van der Waals surface area (Å²) in [6, 6.07) is 18.5. The molecule has 9 nitrogen and oxygen atoms in total. The Kier molecular flexibility index (Phi) is 9.80. The summed E-state index contributed by atoms with van der Waals surface area (Å²) in [5.74, 6) is -2.66. The molecule has 1 aliphatic carbocycles. The number of nitrogens with one attached hydrogen (secondary N) is 3. The van der Waals surface area contributed by atoms with Gasteiger partial charge in [-0.05, 0) is 62.2 Å². The normalized spacial score (nSPS) is 13.4. The first-order valence-electron chi connectivity index (χ1n) is 12.9. The van der Waals surface area contributed by atoms with Gasteiger partial charge in [-0.2, -0.15) is 5.10 Å². The van der Waals surface area contributed by atoms with Crippen LogP contribution >= 0.6 is 15.9 Å². The lowest BCUT2D eigenvalue weighted by atomic mass is 9.95. The lowest BCUT2D eigenvalue weighted by molar-refractivity contribution is -0.136. The first-order chi connectivity index (χ1) is 19.3. The Morgan fingerprint density at radius 3 is 2.48 bits per heavy atom. The van der Waals surface area contributed by atoms with Crippen LogP contribution in [0.15, 0.2) is 76.3 Å². The molecular weight excluding hydrogens is 576 g/mol. The fourth-order valence-electron chi connectivity index (χ4n) is 4.33. The first kappa shape index (κ1) is 28.7. The number of esters is 1. The zero-order valence-corrected chi connectivity index (χ0v) is 23.5. The van der Waals surface area contributed by atoms with E-state index in [4.69, 9.17) is 4.74 Å². The molecular formula is C30H29BrN4O5. The van der Waals surface area contributed by atoms with E-state index < -0.39 is 17.8 Å². The van der Waals surface area contributed by atoms with Crippen LogP contribution in [0.5, 0.6) is 5.75 Å². The number of para-hydroxylation sites is 1. The molecule has 0 bridgehead atoms. The number of rotatable bonds is 7. The van der Waals surface area contributed by atoms with Gasteiger partial charge in [0, 0.05) is 16.1 Å². The number of ether oxygens (including phenoxy) is 1. The molecule has 0 aliphatic heterocycles. The number of benzene rings is 3. The van der Waals surface area contributed by atoms with E-state index in [1.165, 1.54) is 6.21 Å². The Morgan fingerprint density at radius 1 is 0.925 bits per heavy atom. The van der Waals surface area contributed by atoms with Crippen LogP contribution in [0.4, 0.5) is 5.69 Å². The van der Waals surface area contributed by atoms with Gasteiger partial charge in [-0.15, -0.1) is 0 Å². The minimum Gasteiger partial charge on any atom is -0.422 e. The van der Waals surface area contributed by atoms with E-state index in [0.29, 0.717) is 15.6 Å². The molecule has 4 rings (SSSR count). The first-order valence-corrected chi connectivity index (χ1v) is 13.7. The maximum Gasteiger partial charge on any atom is 0.343 e. The molecule has 1 fully saturated rings. The van der Waals surface area contributed by atoms with Crippen molar-refractivity contribution in [2.24, 2.45) is 5.10 Å². The summed E-state index contributed by atoms with van der Waals surface area (Å²) in [6.07, 6.45) is 6.41. The zero-order chi connectivity index (χ0) is 28.5. The highest BCUT2D eigenvalue weighted by Crippen LogP contribution is 2.23. The highest BCUT2D eigenvalue weighted by atomic mass is 79.9. The number of anilines is 1. The highest BCUT2D eigenvalue weighted by Gasteiger charge is 2.21. The van der Waals surface area contributed by atoms with Gasteiger partial charge in [0.05, 0.1) is 23.0 Å². The Bertz CT molecular complexity index is 1450. The van der Waals surface area contributed by atoms with Gasteiger partial charge in [0.25, 0.3) is 5.91 Å². The predicted octanol–water partition coefficient (Wildman–Crippen LogP) is 5.13. The van der Waals surface area contributed by atoms with Crippen molar-refractivity contribution in [2.45, 2.75) is 45.1 Å². The van der Waals surface area contributed by atoms with Crippen LogP contribution in [0.1, 0.15) is 63.9 Å². The number of hydrogen-bond acceptors (Lipinski definition) is 6. The third-order valence-electron chi connectivity index (χ3n) is 6.36. The number of halogens is 1. The van der Waals surface area contributed by atoms with Crippen molar-refractivity contribution in [2.75, 3.05) is 5.32 Å². The molecule has 206 valence electrons. The minimum absolute atomic E-state index is 0.0987. The van der Waals surface area contributed by atoms with Gasteiger partial charge in [0.2, 0.25) is 0 Å². The Balaban J connectivity index is 1.38. The second-order valence-electron chi connectivity index (χ2n) is 9.45. The molecule has 40 heavy (non-hydrogen) atoms. The van der Waals surface area contributed by atoms with E-state index in [0.717, 1.165) is 37.7 Å². The van der Waals surface area contributed by atoms with Gasteiger partial charge in [-0.1, -0.05) is 65.0 Å². The van der Waals surface area contributed by atoms with E-state index >= 15 is 0 Å². The molecule has 3 aromatic carbocycles. The molecule has 0 spiro atoms. The van der Waals surface area contributed by atoms with E-state index in [9.17, 15) is 19.2 Å². The van der Waals surface area contributed by atoms with Crippen LogP contribution < -0.4 is 20.8 Å². The smallest absolute Gasteiger partial charge is 0.343 e. The summed E-state index contributed by atoms with van der Waals surface area (Å²) in [5, 5.41) is 9.35. The summed E-state index contributed by atoms with van der Waals surface area (Å²) in [5.41, 5.74) is 4.36. The van der Waals surface area contributed by atoms with E-state index in [2.05, 4.69) is 37.1 Å². The molecule has 3 amide bonds. The van der Waals surface area contributed by atoms with Gasteiger partial charge in [0.1, 0.15) is 5.75 Å². The summed E-state index contributed by atoms with van der Waals surface area (Å²) < 4.78 is 6.23. The van der Waals surface area contributed by atoms with Crippen LogP contribution in [0.2, 0.25) is 0 Å². The molecule has 10 heteroatoms. The predicted molar refractivity (Wildman–Crippen MR) is 155 cm³/mol. The van der Waals surface area contributed by atoms with Gasteiger partial charge < -0.3 is 15.4 Å². The quantitative estimate of drug-likeness (QED) is 0.113. The molecule has 0 unspecified atom stereocenters. The molecule has 0 heterocycles. The number of hydrazone groups is 1. The van der Waals surface area contributed by atoms with Crippen LogP contribution in [-0.2, 0) is 9.59 Å². The summed E-state index contributed by atoms with van der Waals surface area (Å²) in [7, 11) is 0. The number of carbonyl (C=O) groups is 4. The van der Waals surface area contributed by atoms with Crippen LogP contribution in [0.25, 0.3) is 0 Å². The van der Waals surface area contributed by atoms with Crippen LogP contribution in [0.3, 0.4) is 0 Å². The monoisotopic (exact) mass is 604 g/mol. The zero-order valence-electron chi connectivity index (χ0n) is 21.9. The molecule has 0 atom stereocenters. The van der Waals surface area contributed by atoms with Crippen molar-refractivity contribution in [3.8, 4) is 5.75 Å². The second-order valence-corrected chi connectivity index (χ2v) is 10.4. The van der Waals surface area contributed by atoms with Crippen molar-refractivity contribution >= 4 is 51.5 Å². The fraction of sp³-hybridized carbons (Fsp3) is 0.233. The van der Waals surface area contributed by atoms with E-state index in [1.807, 2.05) is 13.0 Å². The van der Waals surface area contributed by atoms with Crippen LogP contribution in [-0.4, -0.2) is 35.9 Å². The second kappa shape index (κ2) is 13.7. The molecule has 0 aromatic heterocycles. The third kappa shape index (κ3) is 7.86. The average molecular weight is 605 g/mol. The number of aryl methyl sites for hydroxylation is 1. The van der Waals surface area contributed by atoms with Gasteiger partial charge in [0.15, 0.2) is 0 Å². The molecule has 0 saturated heterocycles. The summed E-state index contributed by atoms with van der Waals surface area (Å²) in [6.45, 7) is 1.87. The number of nitrogens with zero attached hydrogens (tertiary/aromatic N) is 1. The number of amides is 3. The maximum atomic E-state index is 12.8. The van der Waals surface area contributed by atoms with Gasteiger partial charge in [-0.3, -0.25) is 14.4 Å². The van der Waals surface area contributed by atoms with Crippen molar-refractivity contribution in [1.82, 2.24) is 10.7 Å². The number of hydrogen-bond donors (Lipinski definition) is 3. The van der Waals surface area contributed by atoms with Crippen molar-refractivity contribution in [1.29, 1.82) is 0 Å². The Hall–Kier alpha value is -4.31. The molecule has 3 aromatic rings. The third-order valence-corrected chi connectivity index (χ3v) is 6.86. The molecule has 0 radical (unpaired) electrons. The Labute approximate surface area is 240 Å². The molecule has 1 saturated carbocycles. The Morgan fingerprint density at radius 2 is 1.70 bits per heavy atom. The summed E-state index contributed by atoms with van der Waals surface area (Å²) in [4.78, 5) is 50.5. The number of carbonyl (C=O) groups excluding carboxylic acids is 4. The van der Waals surface area contributed by atoms with E-state index in [-0.39, 0.29) is 28.9 Å². The molecule has 3 N–H and O–H groups in total. The average Bonchev–Trinajstić information content (AvgIpc) is 2.95. The highest BCUT2D eigenvalue weighted by molar-refractivity contribution is 9.10. The largest absolute Gasteiger partial charge is 0.422 e. The lowest BCUT2D eigenvalue weighted by Crippen LogP contribution is -2.37. The molecule has 1 aliphatic rings. The van der Waals surface area contributed by atoms with Crippen LogP contribution in [0, 0.1) is 6.92 Å². The lowest BCUT2D eigenvalue weighted by Gasteiger charge is -2.23. The van der Waals surface area contributed by atoms with Gasteiger partial charge >= 0.3 is 17.8 Å². The van der Waals surface area contributed by atoms with Crippen molar-refractivity contribution in [3.63, 3.8) is 0 Å². The van der Waals surface area contributed by atoms with E-state index in [1.54, 1.807) is 60.7 Å². The maximum absolute atomic E-state index is 12.8. The topological polar surface area (TPSA) is 126 Å². The van der Waals surface area contributed by atoms with Crippen molar-refractivity contribution < 1.29 is 23.9 Å². The minimum atomic E-state index is -1.04. The van der Waals surface area contributed by atoms with Gasteiger partial charge in [-0.25, -0.2) is 10.2 Å².